The molecule has 0 rings (SSSR count). The van der Waals surface area contributed by atoms with Crippen molar-refractivity contribution in [2.24, 2.45) is 0 Å². The Morgan fingerprint density at radius 1 is 0.565 bits per heavy atom. The van der Waals surface area contributed by atoms with Gasteiger partial charge in [0, 0.05) is 11.9 Å². The Morgan fingerprint density at radius 2 is 0.826 bits per heavy atom. The molecule has 132 valence electrons. The van der Waals surface area contributed by atoms with E-state index >= 15 is 0 Å². The van der Waals surface area contributed by atoms with Gasteiger partial charge in [0.15, 0.2) is 0 Å². The van der Waals surface area contributed by atoms with Crippen molar-refractivity contribution in [1.29, 1.82) is 0 Å². The summed E-state index contributed by atoms with van der Waals surface area (Å²) in [5.74, 6) is -1.98. The van der Waals surface area contributed by atoms with Gasteiger partial charge in [-0.2, -0.15) is 0 Å². The first-order chi connectivity index (χ1) is 10.5. The largest absolute Gasteiger partial charge is 2.00 e. The van der Waals surface area contributed by atoms with Crippen molar-refractivity contribution < 1.29 is 28.6 Å². The molecule has 0 aliphatic rings. The molecule has 0 aromatic carbocycles. The second kappa shape index (κ2) is 24.3. The van der Waals surface area contributed by atoms with Gasteiger partial charge in [0.25, 0.3) is 0 Å². The number of carboxylic acids is 2. The van der Waals surface area contributed by atoms with Crippen molar-refractivity contribution in [3.8, 4) is 0 Å². The van der Waals surface area contributed by atoms with Crippen molar-refractivity contribution in [3.05, 3.63) is 0 Å². The minimum atomic E-state index is -0.990. The zero-order valence-corrected chi connectivity index (χ0v) is 16.2. The summed E-state index contributed by atoms with van der Waals surface area (Å²) in [4.78, 5) is 19.8. The number of halogens is 2. The van der Waals surface area contributed by atoms with Gasteiger partial charge in [0.2, 0.25) is 0 Å². The van der Waals surface area contributed by atoms with E-state index in [1.807, 2.05) is 0 Å². The fourth-order valence-electron chi connectivity index (χ4n) is 1.79. The molecule has 0 fully saturated rings. The number of carbonyl (C=O) groups is 2. The molecule has 0 saturated heterocycles. The fraction of sp³-hybridized carbons (Fsp3) is 0.875. The molecule has 0 spiro atoms. The van der Waals surface area contributed by atoms with Gasteiger partial charge in [0.1, 0.15) is 0 Å². The number of carboxylic acid groups (broad SMARTS) is 2. The monoisotopic (exact) mass is 362 g/mol. The van der Waals surface area contributed by atoms with Crippen LogP contribution in [0.1, 0.15) is 77.0 Å². The van der Waals surface area contributed by atoms with Crippen molar-refractivity contribution in [3.63, 3.8) is 0 Å². The molecule has 0 radical (unpaired) electrons. The molecule has 0 aliphatic heterocycles. The molecule has 23 heavy (non-hydrogen) atoms. The Kier molecular flexibility index (Phi) is 29.5. The van der Waals surface area contributed by atoms with Gasteiger partial charge < -0.3 is 19.8 Å². The van der Waals surface area contributed by atoms with Crippen LogP contribution in [0.15, 0.2) is 0 Å². The second-order valence-corrected chi connectivity index (χ2v) is 5.16. The number of hydrogen-bond donors (Lipinski definition) is 0. The maximum Gasteiger partial charge on any atom is 2.00 e. The number of rotatable bonds is 14. The third-order valence-corrected chi connectivity index (χ3v) is 3.03. The molecule has 0 N–H and O–H groups in total. The molecular formula is C16H28CaF2O4. The molecular weight excluding hydrogens is 334 g/mol. The summed E-state index contributed by atoms with van der Waals surface area (Å²) in [6.07, 6.45) is 8.12. The smallest absolute Gasteiger partial charge is 0.550 e. The van der Waals surface area contributed by atoms with E-state index < -0.39 is 11.9 Å². The van der Waals surface area contributed by atoms with E-state index in [1.165, 1.54) is 0 Å². The predicted octanol–water partition coefficient (Wildman–Crippen LogP) is 1.71. The predicted molar refractivity (Wildman–Crippen MR) is 83.1 cm³/mol. The molecule has 0 heterocycles. The summed E-state index contributed by atoms with van der Waals surface area (Å²) < 4.78 is 23.1. The van der Waals surface area contributed by atoms with E-state index in [0.717, 1.165) is 38.5 Å². The number of unbranched alkanes of at least 4 members (excludes halogenated alkanes) is 8. The first-order valence-corrected chi connectivity index (χ1v) is 8.06. The van der Waals surface area contributed by atoms with Crippen molar-refractivity contribution in [2.45, 2.75) is 77.0 Å². The van der Waals surface area contributed by atoms with E-state index in [2.05, 4.69) is 0 Å². The van der Waals surface area contributed by atoms with Gasteiger partial charge in [-0.15, -0.1) is 0 Å². The third kappa shape index (κ3) is 34.4. The first-order valence-electron chi connectivity index (χ1n) is 8.06. The summed E-state index contributed by atoms with van der Waals surface area (Å²) >= 11 is 0. The van der Waals surface area contributed by atoms with E-state index in [4.69, 9.17) is 0 Å². The average Bonchev–Trinajstić information content (AvgIpc) is 2.46. The van der Waals surface area contributed by atoms with Crippen LogP contribution < -0.4 is 10.2 Å². The van der Waals surface area contributed by atoms with E-state index in [1.54, 1.807) is 0 Å². The first kappa shape index (κ1) is 27.9. The SMILES string of the molecule is O=C([O-])CCCCCCCF.O=C([O-])CCCCCCCF.[Ca+2]. The number of alkyl halides is 2. The Bertz CT molecular complexity index is 240. The van der Waals surface area contributed by atoms with Crippen LogP contribution in [0.4, 0.5) is 8.78 Å². The zero-order valence-electron chi connectivity index (χ0n) is 14.0. The third-order valence-electron chi connectivity index (χ3n) is 3.03. The average molecular weight is 362 g/mol. The molecule has 0 aliphatic carbocycles. The maximum atomic E-state index is 11.5. The molecule has 0 amide bonds. The Balaban J connectivity index is -0.000000333. The Labute approximate surface area is 168 Å². The maximum absolute atomic E-state index is 11.5. The topological polar surface area (TPSA) is 80.3 Å². The molecule has 7 heteroatoms. The van der Waals surface area contributed by atoms with Crippen LogP contribution >= 0.6 is 0 Å². The van der Waals surface area contributed by atoms with E-state index in [-0.39, 0.29) is 63.9 Å². The molecule has 0 aromatic rings. The quantitative estimate of drug-likeness (QED) is 0.348. The van der Waals surface area contributed by atoms with Gasteiger partial charge in [-0.3, -0.25) is 8.78 Å². The van der Waals surface area contributed by atoms with Gasteiger partial charge in [-0.25, -0.2) is 0 Å². The van der Waals surface area contributed by atoms with Gasteiger partial charge in [-0.05, 0) is 38.5 Å². The van der Waals surface area contributed by atoms with Crippen molar-refractivity contribution in [1.82, 2.24) is 0 Å². The summed E-state index contributed by atoms with van der Waals surface area (Å²) in [7, 11) is 0. The van der Waals surface area contributed by atoms with Crippen LogP contribution in [-0.2, 0) is 9.59 Å². The van der Waals surface area contributed by atoms with Gasteiger partial charge in [0.05, 0.1) is 13.3 Å². The van der Waals surface area contributed by atoms with Crippen LogP contribution in [0.3, 0.4) is 0 Å². The van der Waals surface area contributed by atoms with Gasteiger partial charge in [-0.1, -0.05) is 38.5 Å². The minimum absolute atomic E-state index is 0. The molecule has 0 unspecified atom stereocenters. The van der Waals surface area contributed by atoms with Crippen LogP contribution in [0.5, 0.6) is 0 Å². The van der Waals surface area contributed by atoms with Crippen molar-refractivity contribution >= 4 is 49.7 Å². The summed E-state index contributed by atoms with van der Waals surface area (Å²) in [5.41, 5.74) is 0. The van der Waals surface area contributed by atoms with Crippen LogP contribution in [0, 0.1) is 0 Å². The molecule has 0 saturated carbocycles. The number of carbonyl (C=O) groups excluding carboxylic acids is 2. The standard InChI is InChI=1S/2C8H15FO2.Ca/c2*9-7-5-3-1-2-4-6-8(10)11;/h2*1-7H2,(H,10,11);/q;;+2/p-2. The van der Waals surface area contributed by atoms with Crippen LogP contribution in [-0.4, -0.2) is 63.0 Å². The normalized spacial score (nSPS) is 9.48. The zero-order chi connectivity index (χ0) is 17.1. The van der Waals surface area contributed by atoms with Crippen LogP contribution in [0.25, 0.3) is 0 Å². The summed E-state index contributed by atoms with van der Waals surface area (Å²) in [6.45, 7) is -0.527. The molecule has 4 nitrogen and oxygen atoms in total. The van der Waals surface area contributed by atoms with Gasteiger partial charge >= 0.3 is 37.7 Å². The number of hydrogen-bond acceptors (Lipinski definition) is 4. The number of aliphatic carboxylic acids is 2. The van der Waals surface area contributed by atoms with Crippen LogP contribution in [0.2, 0.25) is 0 Å². The second-order valence-electron chi connectivity index (χ2n) is 5.16. The minimum Gasteiger partial charge on any atom is -0.550 e. The molecule has 0 aromatic heterocycles. The van der Waals surface area contributed by atoms with E-state index in [0.29, 0.717) is 25.7 Å². The molecule has 0 bridgehead atoms. The fourth-order valence-corrected chi connectivity index (χ4v) is 1.79. The van der Waals surface area contributed by atoms with Crippen molar-refractivity contribution in [2.75, 3.05) is 13.3 Å². The Hall–Kier alpha value is 0.0597. The Morgan fingerprint density at radius 3 is 1.09 bits per heavy atom. The van der Waals surface area contributed by atoms with E-state index in [9.17, 15) is 28.6 Å². The summed E-state index contributed by atoms with van der Waals surface area (Å²) in [6, 6.07) is 0. The molecule has 0 atom stereocenters. The summed E-state index contributed by atoms with van der Waals surface area (Å²) in [5, 5.41) is 19.8.